The smallest absolute Gasteiger partial charge is 0.126 e. The summed E-state index contributed by atoms with van der Waals surface area (Å²) in [5.41, 5.74) is 4.27. The lowest BCUT2D eigenvalue weighted by molar-refractivity contribution is 0.186. The van der Waals surface area contributed by atoms with Gasteiger partial charge in [-0.25, -0.2) is 4.39 Å². The number of hydrogen-bond donors (Lipinski definition) is 0. The highest BCUT2D eigenvalue weighted by Crippen LogP contribution is 2.43. The van der Waals surface area contributed by atoms with Crippen molar-refractivity contribution >= 4 is 0 Å². The lowest BCUT2D eigenvalue weighted by Crippen LogP contribution is -2.23. The first-order chi connectivity index (χ1) is 12.7. The van der Waals surface area contributed by atoms with Crippen LogP contribution in [0.5, 0.6) is 0 Å². The quantitative estimate of drug-likeness (QED) is 0.533. The summed E-state index contributed by atoms with van der Waals surface area (Å²) in [5.74, 6) is 2.61. The molecule has 2 aromatic rings. The molecule has 2 aliphatic carbocycles. The Balaban J connectivity index is 1.39. The van der Waals surface area contributed by atoms with Gasteiger partial charge >= 0.3 is 0 Å². The Bertz CT molecular complexity index is 716. The predicted molar refractivity (Wildman–Crippen MR) is 108 cm³/mol. The third-order valence-electron chi connectivity index (χ3n) is 6.98. The van der Waals surface area contributed by atoms with Gasteiger partial charge < -0.3 is 0 Å². The summed E-state index contributed by atoms with van der Waals surface area (Å²) in [4.78, 5) is 0. The fraction of sp³-hybridized carbons (Fsp3) is 0.520. The maximum Gasteiger partial charge on any atom is 0.126 e. The lowest BCUT2D eigenvalue weighted by Gasteiger charge is -2.36. The van der Waals surface area contributed by atoms with E-state index in [0.29, 0.717) is 5.56 Å². The van der Waals surface area contributed by atoms with E-state index in [0.717, 1.165) is 28.9 Å². The van der Waals surface area contributed by atoms with Crippen molar-refractivity contribution in [3.63, 3.8) is 0 Å². The molecule has 0 heterocycles. The van der Waals surface area contributed by atoms with Crippen molar-refractivity contribution in [2.24, 2.45) is 11.8 Å². The number of rotatable bonds is 3. The molecule has 0 unspecified atom stereocenters. The Labute approximate surface area is 157 Å². The van der Waals surface area contributed by atoms with Gasteiger partial charge in [-0.2, -0.15) is 0 Å². The number of benzene rings is 2. The van der Waals surface area contributed by atoms with Crippen LogP contribution >= 0.6 is 0 Å². The second-order valence-electron chi connectivity index (χ2n) is 8.60. The fourth-order valence-electron chi connectivity index (χ4n) is 5.25. The first-order valence-electron chi connectivity index (χ1n) is 10.6. The van der Waals surface area contributed by atoms with Crippen LogP contribution in [0.1, 0.15) is 74.8 Å². The molecule has 26 heavy (non-hydrogen) atoms. The summed E-state index contributed by atoms with van der Waals surface area (Å²) in [6.07, 6.45) is 12.9. The summed E-state index contributed by atoms with van der Waals surface area (Å²) in [7, 11) is 0. The molecule has 0 amide bonds. The van der Waals surface area contributed by atoms with Gasteiger partial charge in [0, 0.05) is 0 Å². The molecule has 138 valence electrons. The molecule has 0 saturated heterocycles. The molecule has 2 aromatic carbocycles. The fourth-order valence-corrected chi connectivity index (χ4v) is 5.25. The van der Waals surface area contributed by atoms with Crippen LogP contribution < -0.4 is 0 Å². The third-order valence-corrected chi connectivity index (χ3v) is 6.98. The van der Waals surface area contributed by atoms with Crippen LogP contribution in [0.2, 0.25) is 0 Å². The van der Waals surface area contributed by atoms with Gasteiger partial charge in [-0.05, 0) is 78.7 Å². The van der Waals surface area contributed by atoms with E-state index in [2.05, 4.69) is 24.3 Å². The van der Waals surface area contributed by atoms with Crippen molar-refractivity contribution in [2.45, 2.75) is 70.6 Å². The van der Waals surface area contributed by atoms with Crippen molar-refractivity contribution in [1.29, 1.82) is 0 Å². The van der Waals surface area contributed by atoms with Gasteiger partial charge in [-0.15, -0.1) is 0 Å². The number of hydrogen-bond acceptors (Lipinski definition) is 0. The highest BCUT2D eigenvalue weighted by Gasteiger charge is 2.28. The van der Waals surface area contributed by atoms with Crippen LogP contribution in [0.15, 0.2) is 42.5 Å². The van der Waals surface area contributed by atoms with E-state index in [1.165, 1.54) is 63.4 Å². The Morgan fingerprint density at radius 1 is 0.692 bits per heavy atom. The van der Waals surface area contributed by atoms with E-state index in [9.17, 15) is 4.39 Å². The van der Waals surface area contributed by atoms with E-state index < -0.39 is 0 Å². The van der Waals surface area contributed by atoms with E-state index in [4.69, 9.17) is 0 Å². The van der Waals surface area contributed by atoms with Crippen LogP contribution in [0, 0.1) is 24.6 Å². The SMILES string of the molecule is Cc1ccc(-c2ccc(C3CCC(C4CCCCC4)CC3)cc2)cc1F. The normalized spacial score (nSPS) is 24.5. The standard InChI is InChI=1S/C25H31F/c1-18-7-8-24(17-25(18)26)23-15-13-22(14-16-23)21-11-9-20(10-12-21)19-5-3-2-4-6-19/h7-8,13-17,19-21H,2-6,9-12H2,1H3. The maximum atomic E-state index is 13.8. The zero-order valence-corrected chi connectivity index (χ0v) is 16.0. The molecular weight excluding hydrogens is 319 g/mol. The molecule has 0 aliphatic heterocycles. The van der Waals surface area contributed by atoms with Gasteiger partial charge in [0.25, 0.3) is 0 Å². The molecule has 0 N–H and O–H groups in total. The summed E-state index contributed by atoms with van der Waals surface area (Å²) in [5, 5.41) is 0. The summed E-state index contributed by atoms with van der Waals surface area (Å²) < 4.78 is 13.8. The summed E-state index contributed by atoms with van der Waals surface area (Å²) in [6, 6.07) is 14.4. The molecule has 0 spiro atoms. The summed E-state index contributed by atoms with van der Waals surface area (Å²) in [6.45, 7) is 1.81. The van der Waals surface area contributed by atoms with Crippen molar-refractivity contribution in [2.75, 3.05) is 0 Å². The van der Waals surface area contributed by atoms with Gasteiger partial charge in [-0.3, -0.25) is 0 Å². The molecule has 2 fully saturated rings. The van der Waals surface area contributed by atoms with Crippen molar-refractivity contribution in [3.05, 3.63) is 59.4 Å². The van der Waals surface area contributed by atoms with Gasteiger partial charge in [0.1, 0.15) is 5.82 Å². The van der Waals surface area contributed by atoms with Crippen LogP contribution in [0.3, 0.4) is 0 Å². The Morgan fingerprint density at radius 3 is 1.96 bits per heavy atom. The molecule has 0 atom stereocenters. The average molecular weight is 351 g/mol. The van der Waals surface area contributed by atoms with Crippen LogP contribution in [0.4, 0.5) is 4.39 Å². The van der Waals surface area contributed by atoms with Crippen molar-refractivity contribution in [3.8, 4) is 11.1 Å². The molecule has 0 radical (unpaired) electrons. The molecule has 4 rings (SSSR count). The molecule has 2 saturated carbocycles. The minimum atomic E-state index is -0.118. The van der Waals surface area contributed by atoms with Crippen LogP contribution in [-0.4, -0.2) is 0 Å². The van der Waals surface area contributed by atoms with Gasteiger partial charge in [-0.1, -0.05) is 68.5 Å². The minimum Gasteiger partial charge on any atom is -0.207 e. The Hall–Kier alpha value is -1.63. The highest BCUT2D eigenvalue weighted by molar-refractivity contribution is 5.64. The number of halogens is 1. The Kier molecular flexibility index (Phi) is 5.43. The van der Waals surface area contributed by atoms with E-state index in [1.54, 1.807) is 6.07 Å². The van der Waals surface area contributed by atoms with Crippen molar-refractivity contribution < 1.29 is 4.39 Å². The number of aryl methyl sites for hydroxylation is 1. The second kappa shape index (κ2) is 7.94. The van der Waals surface area contributed by atoms with E-state index in [-0.39, 0.29) is 5.82 Å². The minimum absolute atomic E-state index is 0.118. The zero-order valence-electron chi connectivity index (χ0n) is 16.0. The Morgan fingerprint density at radius 2 is 1.31 bits per heavy atom. The topological polar surface area (TPSA) is 0 Å². The van der Waals surface area contributed by atoms with Crippen molar-refractivity contribution in [1.82, 2.24) is 0 Å². The molecule has 0 nitrogen and oxygen atoms in total. The molecule has 1 heteroatoms. The average Bonchev–Trinajstić information content (AvgIpc) is 2.71. The third kappa shape index (κ3) is 3.87. The van der Waals surface area contributed by atoms with Crippen LogP contribution in [0.25, 0.3) is 11.1 Å². The molecule has 0 aromatic heterocycles. The molecular formula is C25H31F. The lowest BCUT2D eigenvalue weighted by atomic mass is 9.70. The van der Waals surface area contributed by atoms with Crippen LogP contribution in [-0.2, 0) is 0 Å². The van der Waals surface area contributed by atoms with Gasteiger partial charge in [0.15, 0.2) is 0 Å². The first-order valence-corrected chi connectivity index (χ1v) is 10.6. The highest BCUT2D eigenvalue weighted by atomic mass is 19.1. The van der Waals surface area contributed by atoms with E-state index in [1.807, 2.05) is 19.1 Å². The monoisotopic (exact) mass is 350 g/mol. The zero-order chi connectivity index (χ0) is 17.9. The molecule has 2 aliphatic rings. The summed E-state index contributed by atoms with van der Waals surface area (Å²) >= 11 is 0. The maximum absolute atomic E-state index is 13.8. The van der Waals surface area contributed by atoms with Gasteiger partial charge in [0.2, 0.25) is 0 Å². The largest absolute Gasteiger partial charge is 0.207 e. The first kappa shape index (κ1) is 17.8. The van der Waals surface area contributed by atoms with Gasteiger partial charge in [0.05, 0.1) is 0 Å². The predicted octanol–water partition coefficient (Wildman–Crippen LogP) is 7.66. The molecule has 0 bridgehead atoms. The second-order valence-corrected chi connectivity index (χ2v) is 8.60. The van der Waals surface area contributed by atoms with E-state index >= 15 is 0 Å².